The van der Waals surface area contributed by atoms with Gasteiger partial charge in [-0.25, -0.2) is 0 Å². The van der Waals surface area contributed by atoms with E-state index in [4.69, 9.17) is 0 Å². The molecule has 132 valence electrons. The van der Waals surface area contributed by atoms with Crippen LogP contribution in [-0.2, 0) is 13.5 Å². The fourth-order valence-electron chi connectivity index (χ4n) is 2.84. The van der Waals surface area contributed by atoms with Gasteiger partial charge in [0.2, 0.25) is 0 Å². The largest absolute Gasteiger partial charge is 0.360 e. The molecule has 1 aliphatic heterocycles. The van der Waals surface area contributed by atoms with Crippen molar-refractivity contribution < 1.29 is 0 Å². The molecule has 1 fully saturated rings. The third kappa shape index (κ3) is 4.85. The number of nitrogens with zero attached hydrogens (tertiary/aromatic N) is 5. The predicted molar refractivity (Wildman–Crippen MR) is 112 cm³/mol. The van der Waals surface area contributed by atoms with Crippen molar-refractivity contribution in [3.63, 3.8) is 0 Å². The van der Waals surface area contributed by atoms with E-state index in [9.17, 15) is 0 Å². The summed E-state index contributed by atoms with van der Waals surface area (Å²) in [5, 5.41) is 11.2. The van der Waals surface area contributed by atoms with E-state index in [0.29, 0.717) is 0 Å². The lowest BCUT2D eigenvalue weighted by molar-refractivity contribution is 0.374. The van der Waals surface area contributed by atoms with Crippen LogP contribution in [0.5, 0.6) is 0 Å². The Balaban J connectivity index is 0.00000208. The number of piperazine rings is 1. The van der Waals surface area contributed by atoms with Crippen molar-refractivity contribution in [1.82, 2.24) is 20.0 Å². The number of anilines is 1. The van der Waals surface area contributed by atoms with Gasteiger partial charge in [0.15, 0.2) is 5.96 Å². The van der Waals surface area contributed by atoms with Crippen molar-refractivity contribution in [2.45, 2.75) is 6.42 Å². The first-order chi connectivity index (χ1) is 11.3. The van der Waals surface area contributed by atoms with E-state index in [1.54, 1.807) is 0 Å². The van der Waals surface area contributed by atoms with Crippen molar-refractivity contribution >= 4 is 46.3 Å². The number of thiophene rings is 1. The Kier molecular flexibility index (Phi) is 7.35. The second-order valence-corrected chi connectivity index (χ2v) is 6.60. The molecular weight excluding hydrogens is 435 g/mol. The van der Waals surface area contributed by atoms with Crippen LogP contribution in [0.2, 0.25) is 0 Å². The maximum absolute atomic E-state index is 4.43. The number of guanidine groups is 1. The van der Waals surface area contributed by atoms with Gasteiger partial charge in [-0.15, -0.1) is 35.3 Å². The van der Waals surface area contributed by atoms with Gasteiger partial charge in [-0.2, -0.15) is 5.10 Å². The molecule has 0 saturated carbocycles. The van der Waals surface area contributed by atoms with Gasteiger partial charge in [0.1, 0.15) is 0 Å². The number of aromatic nitrogens is 2. The average Bonchev–Trinajstić information content (AvgIpc) is 3.24. The number of hydrogen-bond donors (Lipinski definition) is 1. The van der Waals surface area contributed by atoms with Gasteiger partial charge < -0.3 is 15.1 Å². The molecule has 0 spiro atoms. The summed E-state index contributed by atoms with van der Waals surface area (Å²) in [6.45, 7) is 4.98. The van der Waals surface area contributed by atoms with E-state index in [0.717, 1.165) is 45.1 Å². The standard InChI is InChI=1S/C16H24N6S.HI/c1-17-16(18-6-5-14-12-19-20(2)13-14)22-9-7-21(8-10-22)15-4-3-11-23-15;/h3-4,11-13H,5-10H2,1-2H3,(H,17,18);1H. The van der Waals surface area contributed by atoms with Gasteiger partial charge in [-0.1, -0.05) is 0 Å². The van der Waals surface area contributed by atoms with Crippen LogP contribution in [0.3, 0.4) is 0 Å². The second-order valence-electron chi connectivity index (χ2n) is 5.67. The molecule has 8 heteroatoms. The maximum Gasteiger partial charge on any atom is 0.193 e. The average molecular weight is 460 g/mol. The minimum Gasteiger partial charge on any atom is -0.360 e. The first-order valence-corrected chi connectivity index (χ1v) is 8.86. The zero-order valence-electron chi connectivity index (χ0n) is 14.2. The molecule has 1 N–H and O–H groups in total. The summed E-state index contributed by atoms with van der Waals surface area (Å²) in [5.74, 6) is 1.000. The molecule has 0 radical (unpaired) electrons. The summed E-state index contributed by atoms with van der Waals surface area (Å²) < 4.78 is 1.84. The number of rotatable bonds is 4. The molecule has 0 bridgehead atoms. The Morgan fingerprint density at radius 3 is 2.71 bits per heavy atom. The molecule has 0 unspecified atom stereocenters. The van der Waals surface area contributed by atoms with Gasteiger partial charge in [0.25, 0.3) is 0 Å². The molecule has 2 aromatic rings. The summed E-state index contributed by atoms with van der Waals surface area (Å²) in [6, 6.07) is 4.31. The molecule has 0 aromatic carbocycles. The number of nitrogens with one attached hydrogen (secondary N) is 1. The Hall–Kier alpha value is -1.29. The van der Waals surface area contributed by atoms with Gasteiger partial charge in [-0.3, -0.25) is 9.67 Å². The zero-order chi connectivity index (χ0) is 16.1. The number of aryl methyl sites for hydroxylation is 1. The van der Waals surface area contributed by atoms with E-state index >= 15 is 0 Å². The summed E-state index contributed by atoms with van der Waals surface area (Å²) in [7, 11) is 3.81. The van der Waals surface area contributed by atoms with Crippen LogP contribution in [0.25, 0.3) is 0 Å². The molecule has 3 rings (SSSR count). The summed E-state index contributed by atoms with van der Waals surface area (Å²) >= 11 is 1.81. The topological polar surface area (TPSA) is 48.7 Å². The minimum absolute atomic E-state index is 0. The molecule has 0 aliphatic carbocycles. The van der Waals surface area contributed by atoms with Crippen molar-refractivity contribution in [2.75, 3.05) is 44.7 Å². The van der Waals surface area contributed by atoms with E-state index in [-0.39, 0.29) is 24.0 Å². The van der Waals surface area contributed by atoms with Crippen LogP contribution >= 0.6 is 35.3 Å². The lowest BCUT2D eigenvalue weighted by atomic mass is 10.2. The van der Waals surface area contributed by atoms with Gasteiger partial charge >= 0.3 is 0 Å². The predicted octanol–water partition coefficient (Wildman–Crippen LogP) is 2.04. The Bertz CT molecular complexity index is 631. The first kappa shape index (κ1) is 19.0. The molecule has 2 aromatic heterocycles. The second kappa shape index (κ2) is 9.26. The minimum atomic E-state index is 0. The molecule has 1 saturated heterocycles. The molecular formula is C16H25IN6S. The van der Waals surface area contributed by atoms with Gasteiger partial charge in [-0.05, 0) is 29.5 Å². The molecule has 24 heavy (non-hydrogen) atoms. The fourth-order valence-corrected chi connectivity index (χ4v) is 3.63. The maximum atomic E-state index is 4.43. The molecule has 3 heterocycles. The Morgan fingerprint density at radius 1 is 1.33 bits per heavy atom. The van der Waals surface area contributed by atoms with E-state index < -0.39 is 0 Å². The summed E-state index contributed by atoms with van der Waals surface area (Å²) in [5.41, 5.74) is 1.25. The van der Waals surface area contributed by atoms with Gasteiger partial charge in [0, 0.05) is 53.0 Å². The van der Waals surface area contributed by atoms with Crippen LogP contribution in [-0.4, -0.2) is 60.4 Å². The van der Waals surface area contributed by atoms with E-state index in [1.165, 1.54) is 10.6 Å². The molecule has 0 atom stereocenters. The van der Waals surface area contributed by atoms with Crippen LogP contribution in [0.1, 0.15) is 5.56 Å². The first-order valence-electron chi connectivity index (χ1n) is 7.98. The van der Waals surface area contributed by atoms with Crippen molar-refractivity contribution in [2.24, 2.45) is 12.0 Å². The van der Waals surface area contributed by atoms with Crippen LogP contribution in [0, 0.1) is 0 Å². The summed E-state index contributed by atoms with van der Waals surface area (Å²) in [4.78, 5) is 9.22. The van der Waals surface area contributed by atoms with Crippen LogP contribution < -0.4 is 10.2 Å². The molecule has 6 nitrogen and oxygen atoms in total. The Labute approximate surface area is 164 Å². The Morgan fingerprint density at radius 2 is 2.12 bits per heavy atom. The lowest BCUT2D eigenvalue weighted by Gasteiger charge is -2.37. The number of hydrogen-bond acceptors (Lipinski definition) is 4. The highest BCUT2D eigenvalue weighted by atomic mass is 127. The fraction of sp³-hybridized carbons (Fsp3) is 0.500. The lowest BCUT2D eigenvalue weighted by Crippen LogP contribution is -2.52. The molecule has 1 aliphatic rings. The van der Waals surface area contributed by atoms with E-state index in [1.807, 2.05) is 36.3 Å². The number of aliphatic imine (C=N–C) groups is 1. The zero-order valence-corrected chi connectivity index (χ0v) is 17.3. The van der Waals surface area contributed by atoms with Crippen molar-refractivity contribution in [3.05, 3.63) is 35.5 Å². The van der Waals surface area contributed by atoms with Gasteiger partial charge in [0.05, 0.1) is 11.2 Å². The van der Waals surface area contributed by atoms with Crippen molar-refractivity contribution in [1.29, 1.82) is 0 Å². The normalized spacial score (nSPS) is 15.3. The third-order valence-corrected chi connectivity index (χ3v) is 4.99. The summed E-state index contributed by atoms with van der Waals surface area (Å²) in [6.07, 6.45) is 4.94. The van der Waals surface area contributed by atoms with Crippen LogP contribution in [0.15, 0.2) is 34.9 Å². The highest BCUT2D eigenvalue weighted by Gasteiger charge is 2.20. The monoisotopic (exact) mass is 460 g/mol. The SMILES string of the molecule is CN=C(NCCc1cnn(C)c1)N1CCN(c2cccs2)CC1.I. The van der Waals surface area contributed by atoms with Crippen LogP contribution in [0.4, 0.5) is 5.00 Å². The molecule has 0 amide bonds. The smallest absolute Gasteiger partial charge is 0.193 e. The van der Waals surface area contributed by atoms with E-state index in [2.05, 4.69) is 48.9 Å². The highest BCUT2D eigenvalue weighted by Crippen LogP contribution is 2.22. The third-order valence-electron chi connectivity index (χ3n) is 4.06. The quantitative estimate of drug-likeness (QED) is 0.431. The highest BCUT2D eigenvalue weighted by molar-refractivity contribution is 14.0. The number of halogens is 1. The van der Waals surface area contributed by atoms with Crippen molar-refractivity contribution in [3.8, 4) is 0 Å².